The number of non-ortho nitro benzene ring substituents is 1. The van der Waals surface area contributed by atoms with Crippen molar-refractivity contribution < 1.29 is 24.4 Å². The average Bonchev–Trinajstić information content (AvgIpc) is 3.46. The number of nitrogens with zero attached hydrogens (tertiary/aromatic N) is 4. The lowest BCUT2D eigenvalue weighted by atomic mass is 9.95. The van der Waals surface area contributed by atoms with E-state index in [1.807, 2.05) is 4.57 Å². The molecule has 0 spiro atoms. The van der Waals surface area contributed by atoms with Gasteiger partial charge < -0.3 is 19.3 Å². The van der Waals surface area contributed by atoms with E-state index in [1.165, 1.54) is 30.2 Å². The summed E-state index contributed by atoms with van der Waals surface area (Å²) in [4.78, 5) is 42.3. The monoisotopic (exact) mass is 462 g/mol. The van der Waals surface area contributed by atoms with Gasteiger partial charge in [0.1, 0.15) is 11.5 Å². The number of benzene rings is 2. The number of nitro benzene ring substituents is 1. The lowest BCUT2D eigenvalue weighted by Gasteiger charge is -2.25. The number of imidazole rings is 1. The second kappa shape index (κ2) is 9.57. The van der Waals surface area contributed by atoms with Gasteiger partial charge >= 0.3 is 0 Å². The fourth-order valence-electron chi connectivity index (χ4n) is 4.03. The Kier molecular flexibility index (Phi) is 6.39. The number of hydrogen-bond donors (Lipinski definition) is 1. The number of amides is 1. The van der Waals surface area contributed by atoms with E-state index >= 15 is 0 Å². The lowest BCUT2D eigenvalue weighted by Crippen LogP contribution is -2.31. The van der Waals surface area contributed by atoms with Crippen LogP contribution in [0, 0.1) is 10.1 Å². The van der Waals surface area contributed by atoms with Gasteiger partial charge in [-0.3, -0.25) is 19.7 Å². The number of carbonyl (C=O) groups excluding carboxylic acids is 2. The Morgan fingerprint density at radius 1 is 1.18 bits per heavy atom. The molecule has 2 heterocycles. The molecule has 1 unspecified atom stereocenters. The molecule has 3 aromatic rings. The first-order valence-corrected chi connectivity index (χ1v) is 10.5. The van der Waals surface area contributed by atoms with E-state index in [0.717, 1.165) is 0 Å². The molecule has 0 bridgehead atoms. The maximum absolute atomic E-state index is 13.1. The molecule has 34 heavy (non-hydrogen) atoms. The smallest absolute Gasteiger partial charge is 0.295 e. The Balaban J connectivity index is 1.78. The van der Waals surface area contributed by atoms with Crippen molar-refractivity contribution in [2.75, 3.05) is 13.7 Å². The Morgan fingerprint density at radius 2 is 1.97 bits per heavy atom. The van der Waals surface area contributed by atoms with Crippen LogP contribution in [0.3, 0.4) is 0 Å². The van der Waals surface area contributed by atoms with Gasteiger partial charge in [-0.15, -0.1) is 0 Å². The largest absolute Gasteiger partial charge is 0.507 e. The number of aliphatic hydroxyl groups is 1. The Morgan fingerprint density at radius 3 is 2.68 bits per heavy atom. The molecule has 0 aliphatic carbocycles. The van der Waals surface area contributed by atoms with Gasteiger partial charge in [-0.05, 0) is 24.1 Å². The van der Waals surface area contributed by atoms with Gasteiger partial charge in [-0.2, -0.15) is 0 Å². The Labute approximate surface area is 194 Å². The van der Waals surface area contributed by atoms with Gasteiger partial charge in [0.2, 0.25) is 0 Å². The number of aliphatic hydroxyl groups excluding tert-OH is 1. The SMILES string of the molecule is COc1cccc(/C(O)=C2\C(=O)C(=O)N(CCCn3ccnc3)C2c2cccc([N+](=O)[O-])c2)c1. The van der Waals surface area contributed by atoms with Crippen LogP contribution in [-0.4, -0.2) is 49.8 Å². The first kappa shape index (κ1) is 22.7. The zero-order valence-electron chi connectivity index (χ0n) is 18.3. The summed E-state index contributed by atoms with van der Waals surface area (Å²) in [7, 11) is 1.47. The van der Waals surface area contributed by atoms with Crippen LogP contribution in [0.2, 0.25) is 0 Å². The number of rotatable bonds is 8. The predicted octanol–water partition coefficient (Wildman–Crippen LogP) is 3.31. The summed E-state index contributed by atoms with van der Waals surface area (Å²) in [5, 5.41) is 22.5. The number of likely N-dealkylation sites (tertiary alicyclic amines) is 1. The van der Waals surface area contributed by atoms with E-state index in [1.54, 1.807) is 49.1 Å². The highest BCUT2D eigenvalue weighted by Gasteiger charge is 2.46. The second-order valence-electron chi connectivity index (χ2n) is 7.73. The quantitative estimate of drug-likeness (QED) is 0.179. The van der Waals surface area contributed by atoms with Crippen LogP contribution in [0.15, 0.2) is 72.8 Å². The van der Waals surface area contributed by atoms with Crippen molar-refractivity contribution in [3.05, 3.63) is 94.1 Å². The summed E-state index contributed by atoms with van der Waals surface area (Å²) >= 11 is 0. The third-order valence-corrected chi connectivity index (χ3v) is 5.65. The summed E-state index contributed by atoms with van der Waals surface area (Å²) in [6.45, 7) is 0.756. The first-order chi connectivity index (χ1) is 16.4. The van der Waals surface area contributed by atoms with Gasteiger partial charge in [0.05, 0.1) is 30.0 Å². The van der Waals surface area contributed by atoms with Crippen molar-refractivity contribution in [3.8, 4) is 5.75 Å². The minimum atomic E-state index is -0.978. The zero-order valence-corrected chi connectivity index (χ0v) is 18.3. The van der Waals surface area contributed by atoms with E-state index in [-0.39, 0.29) is 23.6 Å². The number of carbonyl (C=O) groups is 2. The number of Topliss-reactive ketones (excluding diaryl/α,β-unsaturated/α-hetero) is 1. The first-order valence-electron chi connectivity index (χ1n) is 10.5. The second-order valence-corrected chi connectivity index (χ2v) is 7.73. The highest BCUT2D eigenvalue weighted by atomic mass is 16.6. The van der Waals surface area contributed by atoms with Gasteiger partial charge in [0.15, 0.2) is 0 Å². The Bertz CT molecular complexity index is 1270. The molecule has 10 heteroatoms. The normalized spacial score (nSPS) is 17.2. The van der Waals surface area contributed by atoms with Crippen LogP contribution in [0.25, 0.3) is 5.76 Å². The van der Waals surface area contributed by atoms with Crippen LogP contribution in [0.4, 0.5) is 5.69 Å². The van der Waals surface area contributed by atoms with E-state index in [0.29, 0.717) is 29.8 Å². The number of methoxy groups -OCH3 is 1. The molecule has 1 atom stereocenters. The maximum atomic E-state index is 13.1. The average molecular weight is 462 g/mol. The fraction of sp³-hybridized carbons (Fsp3) is 0.208. The summed E-state index contributed by atoms with van der Waals surface area (Å²) in [6.07, 6.45) is 5.58. The van der Waals surface area contributed by atoms with Crippen molar-refractivity contribution in [1.29, 1.82) is 0 Å². The highest BCUT2D eigenvalue weighted by molar-refractivity contribution is 6.46. The Hall–Kier alpha value is -4.47. The van der Waals surface area contributed by atoms with Crippen molar-refractivity contribution in [1.82, 2.24) is 14.5 Å². The van der Waals surface area contributed by atoms with Crippen LogP contribution in [0.5, 0.6) is 5.75 Å². The van der Waals surface area contributed by atoms with Crippen LogP contribution >= 0.6 is 0 Å². The molecule has 1 fully saturated rings. The number of ketones is 1. The number of ether oxygens (including phenoxy) is 1. The van der Waals surface area contributed by atoms with E-state index in [9.17, 15) is 24.8 Å². The summed E-state index contributed by atoms with van der Waals surface area (Å²) in [5.74, 6) is -1.53. The number of hydrogen-bond acceptors (Lipinski definition) is 7. The molecule has 1 amide bonds. The minimum Gasteiger partial charge on any atom is -0.507 e. The standard InChI is InChI=1S/C24H22N4O6/c1-34-19-8-3-6-17(14-19)22(29)20-21(16-5-2-7-18(13-16)28(32)33)27(24(31)23(20)30)11-4-10-26-12-9-25-15-26/h2-3,5-9,12-15,21,29H,4,10-11H2,1H3/b22-20+. The fourth-order valence-corrected chi connectivity index (χ4v) is 4.03. The third kappa shape index (κ3) is 4.38. The van der Waals surface area contributed by atoms with Crippen LogP contribution < -0.4 is 4.74 Å². The zero-order chi connectivity index (χ0) is 24.2. The molecule has 0 radical (unpaired) electrons. The minimum absolute atomic E-state index is 0.124. The van der Waals surface area contributed by atoms with Crippen molar-refractivity contribution in [2.24, 2.45) is 0 Å². The van der Waals surface area contributed by atoms with Crippen LogP contribution in [-0.2, 0) is 16.1 Å². The van der Waals surface area contributed by atoms with Gasteiger partial charge in [-0.25, -0.2) is 4.98 Å². The molecular formula is C24H22N4O6. The molecule has 174 valence electrons. The molecular weight excluding hydrogens is 440 g/mol. The lowest BCUT2D eigenvalue weighted by molar-refractivity contribution is -0.384. The van der Waals surface area contributed by atoms with Gasteiger partial charge in [-0.1, -0.05) is 24.3 Å². The van der Waals surface area contributed by atoms with E-state index in [4.69, 9.17) is 4.74 Å². The molecule has 1 aliphatic heterocycles. The topological polar surface area (TPSA) is 128 Å². The summed E-state index contributed by atoms with van der Waals surface area (Å²) < 4.78 is 7.04. The third-order valence-electron chi connectivity index (χ3n) is 5.65. The predicted molar refractivity (Wildman–Crippen MR) is 122 cm³/mol. The number of nitro groups is 1. The summed E-state index contributed by atoms with van der Waals surface area (Å²) in [6, 6.07) is 11.2. The van der Waals surface area contributed by atoms with Crippen molar-refractivity contribution in [2.45, 2.75) is 19.0 Å². The molecule has 1 saturated heterocycles. The molecule has 1 aromatic heterocycles. The van der Waals surface area contributed by atoms with Gasteiger partial charge in [0.25, 0.3) is 17.4 Å². The highest BCUT2D eigenvalue weighted by Crippen LogP contribution is 2.40. The molecule has 1 aliphatic rings. The molecule has 0 saturated carbocycles. The maximum Gasteiger partial charge on any atom is 0.295 e. The van der Waals surface area contributed by atoms with Crippen LogP contribution in [0.1, 0.15) is 23.6 Å². The molecule has 4 rings (SSSR count). The summed E-state index contributed by atoms with van der Waals surface area (Å²) in [5.41, 5.74) is 0.357. The van der Waals surface area contributed by atoms with E-state index < -0.39 is 22.7 Å². The van der Waals surface area contributed by atoms with Crippen molar-refractivity contribution in [3.63, 3.8) is 0 Å². The number of aromatic nitrogens is 2. The number of aryl methyl sites for hydroxylation is 1. The molecule has 10 nitrogen and oxygen atoms in total. The molecule has 2 aromatic carbocycles. The van der Waals surface area contributed by atoms with Gasteiger partial charge in [0, 0.05) is 43.2 Å². The van der Waals surface area contributed by atoms with Crippen molar-refractivity contribution >= 4 is 23.1 Å². The molecule has 1 N–H and O–H groups in total. The van der Waals surface area contributed by atoms with E-state index in [2.05, 4.69) is 4.98 Å².